The van der Waals surface area contributed by atoms with Gasteiger partial charge in [-0.05, 0) is 29.5 Å². The van der Waals surface area contributed by atoms with Gasteiger partial charge in [0, 0.05) is 0 Å². The van der Waals surface area contributed by atoms with Gasteiger partial charge < -0.3 is 4.80 Å². The van der Waals surface area contributed by atoms with E-state index in [9.17, 15) is 4.80 Å². The number of hydrogen-bond donors (Lipinski definition) is 1. The van der Waals surface area contributed by atoms with Crippen molar-refractivity contribution in [1.82, 2.24) is 0 Å². The molecule has 1 aromatic carbocycles. The second-order valence-electron chi connectivity index (χ2n) is 3.86. The smallest absolute Gasteiger partial charge is 0.188 e. The zero-order valence-corrected chi connectivity index (χ0v) is 9.87. The Morgan fingerprint density at radius 3 is 2.62 bits per heavy atom. The van der Waals surface area contributed by atoms with Crippen LogP contribution in [0.3, 0.4) is 0 Å². The van der Waals surface area contributed by atoms with E-state index in [1.54, 1.807) is 0 Å². The largest absolute Gasteiger partial charge is 0.433 e. The summed E-state index contributed by atoms with van der Waals surface area (Å²) in [5.41, 5.74) is 1.35. The van der Waals surface area contributed by atoms with E-state index in [-0.39, 0.29) is 0 Å². The summed E-state index contributed by atoms with van der Waals surface area (Å²) in [5, 5.41) is 1.21. The molecule has 0 saturated heterocycles. The third-order valence-electron chi connectivity index (χ3n) is 2.28. The minimum atomic E-state index is -0.983. The van der Waals surface area contributed by atoms with Crippen LogP contribution in [0, 0.1) is 5.92 Å². The monoisotopic (exact) mass is 194 g/mol. The topological polar surface area (TPSA) is 20.2 Å². The van der Waals surface area contributed by atoms with Crippen molar-refractivity contribution in [2.45, 2.75) is 26.7 Å². The molecular formula is C11H18OSi. The molecule has 0 aliphatic carbocycles. The summed E-state index contributed by atoms with van der Waals surface area (Å²) in [5.74, 6) is 0.744. The summed E-state index contributed by atoms with van der Waals surface area (Å²) in [4.78, 5) is 9.22. The quantitative estimate of drug-likeness (QED) is 0.708. The Bertz CT molecular complexity index is 258. The van der Waals surface area contributed by atoms with E-state index >= 15 is 0 Å². The fourth-order valence-corrected chi connectivity index (χ4v) is 2.14. The van der Waals surface area contributed by atoms with Gasteiger partial charge in [-0.3, -0.25) is 0 Å². The van der Waals surface area contributed by atoms with Crippen LogP contribution in [0.1, 0.15) is 25.8 Å². The third-order valence-corrected chi connectivity index (χ3v) is 3.31. The van der Waals surface area contributed by atoms with E-state index in [0.29, 0.717) is 0 Å². The summed E-state index contributed by atoms with van der Waals surface area (Å²) < 4.78 is 0. The van der Waals surface area contributed by atoms with Crippen molar-refractivity contribution in [1.29, 1.82) is 0 Å². The van der Waals surface area contributed by atoms with Crippen LogP contribution in [0.4, 0.5) is 0 Å². The van der Waals surface area contributed by atoms with Gasteiger partial charge in [0.05, 0.1) is 0 Å². The summed E-state index contributed by atoms with van der Waals surface area (Å²) in [6.45, 7) is 4.47. The van der Waals surface area contributed by atoms with Crippen molar-refractivity contribution in [2.75, 3.05) is 0 Å². The number of hydrogen-bond acceptors (Lipinski definition) is 1. The van der Waals surface area contributed by atoms with Gasteiger partial charge in [0.2, 0.25) is 0 Å². The van der Waals surface area contributed by atoms with Gasteiger partial charge >= 0.3 is 0 Å². The van der Waals surface area contributed by atoms with Crippen molar-refractivity contribution >= 4 is 14.9 Å². The molecule has 0 aliphatic rings. The summed E-state index contributed by atoms with van der Waals surface area (Å²) >= 11 is 0. The number of rotatable bonds is 4. The maximum absolute atomic E-state index is 9.22. The van der Waals surface area contributed by atoms with Gasteiger partial charge in [0.15, 0.2) is 9.76 Å². The van der Waals surface area contributed by atoms with Crippen molar-refractivity contribution in [3.63, 3.8) is 0 Å². The minimum Gasteiger partial charge on any atom is -0.433 e. The lowest BCUT2D eigenvalue weighted by molar-refractivity contribution is 0.586. The van der Waals surface area contributed by atoms with Crippen molar-refractivity contribution in [2.24, 2.45) is 5.92 Å². The van der Waals surface area contributed by atoms with Gasteiger partial charge in [-0.1, -0.05) is 38.1 Å². The molecule has 72 valence electrons. The van der Waals surface area contributed by atoms with Gasteiger partial charge in [0.25, 0.3) is 0 Å². The Hall–Kier alpha value is -0.603. The first kappa shape index (κ1) is 10.5. The van der Waals surface area contributed by atoms with Crippen LogP contribution in [0.2, 0.25) is 0 Å². The number of benzene rings is 1. The molecular weight excluding hydrogens is 176 g/mol. The Balaban J connectivity index is 2.64. The van der Waals surface area contributed by atoms with E-state index in [1.807, 2.05) is 6.07 Å². The third kappa shape index (κ3) is 3.33. The van der Waals surface area contributed by atoms with Crippen LogP contribution >= 0.6 is 0 Å². The SMILES string of the molecule is CC(C)CCc1ccccc1[SiH2]O. The highest BCUT2D eigenvalue weighted by molar-refractivity contribution is 6.46. The lowest BCUT2D eigenvalue weighted by Crippen LogP contribution is -2.18. The summed E-state index contributed by atoms with van der Waals surface area (Å²) in [6.07, 6.45) is 2.33. The van der Waals surface area contributed by atoms with Gasteiger partial charge in [-0.15, -0.1) is 0 Å². The highest BCUT2D eigenvalue weighted by Crippen LogP contribution is 2.06. The fraction of sp³-hybridized carbons (Fsp3) is 0.455. The molecule has 0 saturated carbocycles. The lowest BCUT2D eigenvalue weighted by Gasteiger charge is -2.08. The number of aryl methyl sites for hydroxylation is 1. The molecule has 0 aromatic heterocycles. The van der Waals surface area contributed by atoms with Gasteiger partial charge in [-0.25, -0.2) is 0 Å². The molecule has 0 bridgehead atoms. The second kappa shape index (κ2) is 5.20. The van der Waals surface area contributed by atoms with Crippen LogP contribution < -0.4 is 5.19 Å². The normalized spacial score (nSPS) is 11.7. The summed E-state index contributed by atoms with van der Waals surface area (Å²) in [7, 11) is -0.983. The molecule has 0 spiro atoms. The predicted octanol–water partition coefficient (Wildman–Crippen LogP) is 0.977. The molecule has 0 fully saturated rings. The molecule has 0 heterocycles. The molecule has 1 aromatic rings. The van der Waals surface area contributed by atoms with Crippen LogP contribution in [0.5, 0.6) is 0 Å². The van der Waals surface area contributed by atoms with Crippen LogP contribution in [0.25, 0.3) is 0 Å². The zero-order valence-electron chi connectivity index (χ0n) is 8.46. The Morgan fingerprint density at radius 2 is 2.00 bits per heavy atom. The molecule has 1 nitrogen and oxygen atoms in total. The molecule has 0 aliphatic heterocycles. The minimum absolute atomic E-state index is 0.744. The molecule has 13 heavy (non-hydrogen) atoms. The van der Waals surface area contributed by atoms with E-state index in [4.69, 9.17) is 0 Å². The van der Waals surface area contributed by atoms with Crippen molar-refractivity contribution < 1.29 is 4.80 Å². The lowest BCUT2D eigenvalue weighted by atomic mass is 10.0. The summed E-state index contributed by atoms with van der Waals surface area (Å²) in [6, 6.07) is 8.27. The Morgan fingerprint density at radius 1 is 1.31 bits per heavy atom. The zero-order chi connectivity index (χ0) is 9.68. The first-order chi connectivity index (χ1) is 6.24. The van der Waals surface area contributed by atoms with Crippen LogP contribution in [0.15, 0.2) is 24.3 Å². The molecule has 1 N–H and O–H groups in total. The van der Waals surface area contributed by atoms with Crippen molar-refractivity contribution in [3.05, 3.63) is 29.8 Å². The van der Waals surface area contributed by atoms with Gasteiger partial charge in [-0.2, -0.15) is 0 Å². The first-order valence-electron chi connectivity index (χ1n) is 4.91. The Kier molecular flexibility index (Phi) is 4.19. The van der Waals surface area contributed by atoms with E-state index in [0.717, 1.165) is 12.3 Å². The van der Waals surface area contributed by atoms with E-state index < -0.39 is 9.76 Å². The van der Waals surface area contributed by atoms with E-state index in [2.05, 4.69) is 32.0 Å². The molecule has 2 heteroatoms. The first-order valence-corrected chi connectivity index (χ1v) is 6.25. The Labute approximate surface area is 82.7 Å². The molecule has 1 rings (SSSR count). The second-order valence-corrected chi connectivity index (χ2v) is 4.94. The van der Waals surface area contributed by atoms with E-state index in [1.165, 1.54) is 17.2 Å². The molecule has 0 unspecified atom stereocenters. The maximum atomic E-state index is 9.22. The average molecular weight is 194 g/mol. The fourth-order valence-electron chi connectivity index (χ4n) is 1.40. The molecule has 0 atom stereocenters. The molecule has 0 amide bonds. The highest BCUT2D eigenvalue weighted by atomic mass is 28.2. The van der Waals surface area contributed by atoms with Crippen molar-refractivity contribution in [3.8, 4) is 0 Å². The standard InChI is InChI=1S/C11H18OSi/c1-9(2)7-8-10-5-3-4-6-11(10)13-12/h3-6,9,12H,7-8,13H2,1-2H3. The maximum Gasteiger partial charge on any atom is 0.188 e. The predicted molar refractivity (Wildman–Crippen MR) is 60.0 cm³/mol. The van der Waals surface area contributed by atoms with Crippen LogP contribution in [-0.4, -0.2) is 14.6 Å². The van der Waals surface area contributed by atoms with Crippen LogP contribution in [-0.2, 0) is 6.42 Å². The molecule has 0 radical (unpaired) electrons. The average Bonchev–Trinajstić information content (AvgIpc) is 2.15. The van der Waals surface area contributed by atoms with Gasteiger partial charge in [0.1, 0.15) is 0 Å². The highest BCUT2D eigenvalue weighted by Gasteiger charge is 2.01.